The smallest absolute Gasteiger partial charge is 0.115 e. The number of rotatable bonds is 1. The molecule has 0 unspecified atom stereocenters. The molecule has 0 saturated carbocycles. The average molecular weight is 225 g/mol. The molecule has 3 nitrogen and oxygen atoms in total. The van der Waals surface area contributed by atoms with Gasteiger partial charge in [0.25, 0.3) is 0 Å². The van der Waals surface area contributed by atoms with E-state index in [0.29, 0.717) is 0 Å². The second-order valence-electron chi connectivity index (χ2n) is 5.09. The molecular formula is C14H15N3. The third kappa shape index (κ3) is 1.58. The number of aromatic nitrogens is 2. The number of nitrogens with zero attached hydrogens (tertiary/aromatic N) is 2. The van der Waals surface area contributed by atoms with Gasteiger partial charge in [-0.2, -0.15) is 0 Å². The summed E-state index contributed by atoms with van der Waals surface area (Å²) in [5.74, 6) is 0. The van der Waals surface area contributed by atoms with Crippen molar-refractivity contribution >= 4 is 5.69 Å². The number of hydrogen-bond acceptors (Lipinski definition) is 3. The summed E-state index contributed by atoms with van der Waals surface area (Å²) in [5, 5.41) is 3.50. The lowest BCUT2D eigenvalue weighted by molar-refractivity contribution is 0.586. The number of benzene rings is 1. The fraction of sp³-hybridized carbons (Fsp3) is 0.286. The second-order valence-corrected chi connectivity index (χ2v) is 5.09. The molecule has 2 aromatic rings. The first-order valence-corrected chi connectivity index (χ1v) is 5.81. The zero-order chi connectivity index (χ0) is 11.9. The Morgan fingerprint density at radius 3 is 2.71 bits per heavy atom. The SMILES string of the molecule is CC1(C)CNc2c(-c3cncnc3)cccc21. The lowest BCUT2D eigenvalue weighted by Gasteiger charge is -2.17. The van der Waals surface area contributed by atoms with Gasteiger partial charge in [-0.3, -0.25) is 0 Å². The van der Waals surface area contributed by atoms with Gasteiger partial charge in [0.05, 0.1) is 0 Å². The first-order valence-electron chi connectivity index (χ1n) is 5.81. The van der Waals surface area contributed by atoms with Crippen LogP contribution in [0.5, 0.6) is 0 Å². The quantitative estimate of drug-likeness (QED) is 0.811. The van der Waals surface area contributed by atoms with E-state index in [1.807, 2.05) is 12.4 Å². The first-order chi connectivity index (χ1) is 8.18. The minimum atomic E-state index is 0.195. The van der Waals surface area contributed by atoms with Gasteiger partial charge in [0, 0.05) is 41.2 Å². The van der Waals surface area contributed by atoms with E-state index in [1.54, 1.807) is 6.33 Å². The zero-order valence-corrected chi connectivity index (χ0v) is 10.1. The van der Waals surface area contributed by atoms with Crippen molar-refractivity contribution in [3.8, 4) is 11.1 Å². The van der Waals surface area contributed by atoms with Gasteiger partial charge in [0.1, 0.15) is 6.33 Å². The maximum Gasteiger partial charge on any atom is 0.115 e. The third-order valence-electron chi connectivity index (χ3n) is 3.37. The molecule has 3 heteroatoms. The summed E-state index contributed by atoms with van der Waals surface area (Å²) >= 11 is 0. The monoisotopic (exact) mass is 225 g/mol. The van der Waals surface area contributed by atoms with Crippen LogP contribution in [0.3, 0.4) is 0 Å². The van der Waals surface area contributed by atoms with Crippen molar-refractivity contribution in [2.24, 2.45) is 0 Å². The molecule has 0 bridgehead atoms. The second kappa shape index (κ2) is 3.55. The molecular weight excluding hydrogens is 210 g/mol. The molecule has 3 rings (SSSR count). The molecule has 1 aliphatic heterocycles. The van der Waals surface area contributed by atoms with Gasteiger partial charge in [-0.05, 0) is 5.56 Å². The van der Waals surface area contributed by atoms with Crippen LogP contribution in [0.25, 0.3) is 11.1 Å². The first kappa shape index (κ1) is 10.3. The Bertz CT molecular complexity index is 547. The van der Waals surface area contributed by atoms with Gasteiger partial charge >= 0.3 is 0 Å². The molecule has 0 atom stereocenters. The normalized spacial score (nSPS) is 16.4. The largest absolute Gasteiger partial charge is 0.383 e. The van der Waals surface area contributed by atoms with Gasteiger partial charge in [0.2, 0.25) is 0 Å². The van der Waals surface area contributed by atoms with E-state index < -0.39 is 0 Å². The van der Waals surface area contributed by atoms with Crippen LogP contribution in [0.15, 0.2) is 36.9 Å². The van der Waals surface area contributed by atoms with E-state index in [1.165, 1.54) is 16.8 Å². The van der Waals surface area contributed by atoms with Crippen LogP contribution in [-0.4, -0.2) is 16.5 Å². The lowest BCUT2D eigenvalue weighted by atomic mass is 9.86. The van der Waals surface area contributed by atoms with Gasteiger partial charge in [-0.15, -0.1) is 0 Å². The van der Waals surface area contributed by atoms with Crippen LogP contribution in [0.4, 0.5) is 5.69 Å². The molecule has 86 valence electrons. The predicted octanol–water partition coefficient (Wildman–Crippen LogP) is 2.85. The fourth-order valence-electron chi connectivity index (χ4n) is 2.39. The summed E-state index contributed by atoms with van der Waals surface area (Å²) in [5.41, 5.74) is 5.05. The molecule has 0 fully saturated rings. The fourth-order valence-corrected chi connectivity index (χ4v) is 2.39. The molecule has 0 aliphatic carbocycles. The molecule has 1 aromatic heterocycles. The number of fused-ring (bicyclic) bond motifs is 1. The number of nitrogens with one attached hydrogen (secondary N) is 1. The van der Waals surface area contributed by atoms with E-state index in [-0.39, 0.29) is 5.41 Å². The van der Waals surface area contributed by atoms with Crippen LogP contribution in [0.1, 0.15) is 19.4 Å². The van der Waals surface area contributed by atoms with Crippen LogP contribution >= 0.6 is 0 Å². The Morgan fingerprint density at radius 2 is 1.94 bits per heavy atom. The van der Waals surface area contributed by atoms with E-state index in [4.69, 9.17) is 0 Å². The van der Waals surface area contributed by atoms with E-state index in [0.717, 1.165) is 12.1 Å². The Kier molecular flexibility index (Phi) is 2.15. The van der Waals surface area contributed by atoms with Crippen molar-refractivity contribution in [3.05, 3.63) is 42.5 Å². The molecule has 0 amide bonds. The Balaban J connectivity index is 2.19. The molecule has 1 aliphatic rings. The summed E-state index contributed by atoms with van der Waals surface area (Å²) in [4.78, 5) is 8.17. The number of anilines is 1. The number of para-hydroxylation sites is 1. The molecule has 1 N–H and O–H groups in total. The van der Waals surface area contributed by atoms with Crippen molar-refractivity contribution in [2.45, 2.75) is 19.3 Å². The minimum Gasteiger partial charge on any atom is -0.383 e. The van der Waals surface area contributed by atoms with E-state index >= 15 is 0 Å². The highest BCUT2D eigenvalue weighted by Crippen LogP contribution is 2.41. The molecule has 17 heavy (non-hydrogen) atoms. The summed E-state index contributed by atoms with van der Waals surface area (Å²) in [6, 6.07) is 6.42. The molecule has 1 aromatic carbocycles. The molecule has 2 heterocycles. The Hall–Kier alpha value is -1.90. The highest BCUT2D eigenvalue weighted by atomic mass is 14.9. The molecule has 0 radical (unpaired) electrons. The van der Waals surface area contributed by atoms with Crippen LogP contribution in [-0.2, 0) is 5.41 Å². The standard InChI is InChI=1S/C14H15N3/c1-14(2)8-17-13-11(4-3-5-12(13)14)10-6-15-9-16-7-10/h3-7,9,17H,8H2,1-2H3. The maximum atomic E-state index is 4.08. The predicted molar refractivity (Wildman–Crippen MR) is 69.0 cm³/mol. The average Bonchev–Trinajstić information content (AvgIpc) is 2.67. The number of hydrogen-bond donors (Lipinski definition) is 1. The summed E-state index contributed by atoms with van der Waals surface area (Å²) < 4.78 is 0. The molecule has 0 saturated heterocycles. The van der Waals surface area contributed by atoms with Gasteiger partial charge < -0.3 is 5.32 Å². The topological polar surface area (TPSA) is 37.8 Å². The van der Waals surface area contributed by atoms with Crippen LogP contribution in [0, 0.1) is 0 Å². The summed E-state index contributed by atoms with van der Waals surface area (Å²) in [6.07, 6.45) is 5.27. The van der Waals surface area contributed by atoms with Gasteiger partial charge in [-0.25, -0.2) is 9.97 Å². The van der Waals surface area contributed by atoms with Crippen LogP contribution in [0.2, 0.25) is 0 Å². The van der Waals surface area contributed by atoms with Gasteiger partial charge in [-0.1, -0.05) is 32.0 Å². The lowest BCUT2D eigenvalue weighted by Crippen LogP contribution is -2.18. The van der Waals surface area contributed by atoms with Crippen molar-refractivity contribution < 1.29 is 0 Å². The third-order valence-corrected chi connectivity index (χ3v) is 3.37. The van der Waals surface area contributed by atoms with Crippen molar-refractivity contribution in [1.82, 2.24) is 9.97 Å². The van der Waals surface area contributed by atoms with Crippen molar-refractivity contribution in [1.29, 1.82) is 0 Å². The molecule has 0 spiro atoms. The highest BCUT2D eigenvalue weighted by Gasteiger charge is 2.31. The summed E-state index contributed by atoms with van der Waals surface area (Å²) in [7, 11) is 0. The van der Waals surface area contributed by atoms with Crippen molar-refractivity contribution in [3.63, 3.8) is 0 Å². The highest BCUT2D eigenvalue weighted by molar-refractivity contribution is 5.82. The summed E-state index contributed by atoms with van der Waals surface area (Å²) in [6.45, 7) is 5.50. The van der Waals surface area contributed by atoms with Crippen LogP contribution < -0.4 is 5.32 Å². The van der Waals surface area contributed by atoms with Gasteiger partial charge in [0.15, 0.2) is 0 Å². The van der Waals surface area contributed by atoms with E-state index in [9.17, 15) is 0 Å². The zero-order valence-electron chi connectivity index (χ0n) is 10.1. The van der Waals surface area contributed by atoms with Crippen molar-refractivity contribution in [2.75, 3.05) is 11.9 Å². The Morgan fingerprint density at radius 1 is 1.18 bits per heavy atom. The maximum absolute atomic E-state index is 4.08. The van der Waals surface area contributed by atoms with E-state index in [2.05, 4.69) is 47.3 Å². The Labute approximate surface area is 101 Å². The minimum absolute atomic E-state index is 0.195.